The molecule has 0 aromatic heterocycles. The molecular weight excluding hydrogens is 108 g/mol. The van der Waals surface area contributed by atoms with Crippen LogP contribution in [0.2, 0.25) is 0 Å². The molecule has 0 fully saturated rings. The van der Waals surface area contributed by atoms with Gasteiger partial charge in [0.25, 0.3) is 0 Å². The predicted molar refractivity (Wildman–Crippen MR) is 27.1 cm³/mol. The SMILES string of the molecule is NNC([C]=O)C[C]=O. The smallest absolute Gasteiger partial charge is 0.218 e. The highest BCUT2D eigenvalue weighted by Gasteiger charge is 2.02. The second-order valence-electron chi connectivity index (χ2n) is 1.19. The minimum Gasteiger partial charge on any atom is -0.291 e. The molecule has 0 saturated heterocycles. The number of hydrogen-bond donors (Lipinski definition) is 2. The monoisotopic (exact) mass is 114 g/mol. The maximum atomic E-state index is 9.68. The number of nitrogens with two attached hydrogens (primary N) is 1. The molecule has 0 bridgehead atoms. The highest BCUT2D eigenvalue weighted by Crippen LogP contribution is 1.77. The Morgan fingerprint density at radius 1 is 1.62 bits per heavy atom. The van der Waals surface area contributed by atoms with Crippen molar-refractivity contribution in [3.8, 4) is 0 Å². The van der Waals surface area contributed by atoms with Gasteiger partial charge >= 0.3 is 0 Å². The molecule has 1 atom stereocenters. The van der Waals surface area contributed by atoms with Crippen molar-refractivity contribution in [1.29, 1.82) is 0 Å². The van der Waals surface area contributed by atoms with Crippen LogP contribution in [0.1, 0.15) is 6.42 Å². The third-order valence-electron chi connectivity index (χ3n) is 0.631. The van der Waals surface area contributed by atoms with E-state index >= 15 is 0 Å². The molecule has 2 radical (unpaired) electrons. The van der Waals surface area contributed by atoms with Gasteiger partial charge in [-0.3, -0.25) is 15.4 Å². The lowest BCUT2D eigenvalue weighted by atomic mass is 10.3. The first-order valence-corrected chi connectivity index (χ1v) is 2.04. The fourth-order valence-electron chi connectivity index (χ4n) is 0.218. The van der Waals surface area contributed by atoms with Crippen molar-refractivity contribution in [2.45, 2.75) is 12.5 Å². The molecule has 0 aliphatic rings. The zero-order chi connectivity index (χ0) is 6.41. The lowest BCUT2D eigenvalue weighted by Gasteiger charge is -1.98. The van der Waals surface area contributed by atoms with Gasteiger partial charge in [-0.25, -0.2) is 5.43 Å². The van der Waals surface area contributed by atoms with Crippen LogP contribution in [0, 0.1) is 0 Å². The zero-order valence-electron chi connectivity index (χ0n) is 4.18. The molecule has 0 aromatic rings. The van der Waals surface area contributed by atoms with Crippen molar-refractivity contribution in [2.24, 2.45) is 5.84 Å². The van der Waals surface area contributed by atoms with Crippen molar-refractivity contribution in [3.63, 3.8) is 0 Å². The standard InChI is InChI=1S/C4H6N2O2/c5-6-4(3-8)1-2-7/h4,6H,1,5H2. The van der Waals surface area contributed by atoms with E-state index in [0.29, 0.717) is 0 Å². The number of nitrogens with one attached hydrogen (secondary N) is 1. The van der Waals surface area contributed by atoms with Gasteiger partial charge in [0.2, 0.25) is 12.6 Å². The van der Waals surface area contributed by atoms with Crippen molar-refractivity contribution in [2.75, 3.05) is 0 Å². The van der Waals surface area contributed by atoms with Crippen molar-refractivity contribution in [3.05, 3.63) is 0 Å². The largest absolute Gasteiger partial charge is 0.291 e. The third kappa shape index (κ3) is 2.44. The molecule has 0 aromatic carbocycles. The Labute approximate surface area is 47.0 Å². The molecule has 0 spiro atoms. The molecule has 4 heteroatoms. The fraction of sp³-hybridized carbons (Fsp3) is 0.500. The van der Waals surface area contributed by atoms with Gasteiger partial charge in [0.15, 0.2) is 0 Å². The van der Waals surface area contributed by atoms with Crippen molar-refractivity contribution < 1.29 is 9.59 Å². The second-order valence-corrected chi connectivity index (χ2v) is 1.19. The first-order valence-electron chi connectivity index (χ1n) is 2.04. The number of carbonyl (C=O) groups excluding carboxylic acids is 2. The fourth-order valence-corrected chi connectivity index (χ4v) is 0.218. The summed E-state index contributed by atoms with van der Waals surface area (Å²) in [6.07, 6.45) is 2.98. The average molecular weight is 114 g/mol. The third-order valence-corrected chi connectivity index (χ3v) is 0.631. The normalized spacial score (nSPS) is 12.6. The molecule has 0 aliphatic heterocycles. The van der Waals surface area contributed by atoms with Crippen LogP contribution >= 0.6 is 0 Å². The van der Waals surface area contributed by atoms with E-state index in [2.05, 4.69) is 5.43 Å². The van der Waals surface area contributed by atoms with E-state index in [1.54, 1.807) is 0 Å². The summed E-state index contributed by atoms with van der Waals surface area (Å²) in [5.74, 6) is 4.78. The number of hydrogen-bond acceptors (Lipinski definition) is 4. The summed E-state index contributed by atoms with van der Waals surface area (Å²) in [7, 11) is 0. The van der Waals surface area contributed by atoms with E-state index in [4.69, 9.17) is 5.84 Å². The van der Waals surface area contributed by atoms with E-state index in [1.807, 2.05) is 0 Å². The topological polar surface area (TPSA) is 72.2 Å². The molecule has 1 unspecified atom stereocenters. The van der Waals surface area contributed by atoms with Crippen LogP contribution in [0.5, 0.6) is 0 Å². The highest BCUT2D eigenvalue weighted by molar-refractivity contribution is 5.65. The lowest BCUT2D eigenvalue weighted by molar-refractivity contribution is 0.509. The van der Waals surface area contributed by atoms with Crippen LogP contribution in [0.4, 0.5) is 0 Å². The molecule has 44 valence electrons. The summed E-state index contributed by atoms with van der Waals surface area (Å²) in [5, 5.41) is 0. The maximum absolute atomic E-state index is 9.68. The first-order chi connectivity index (χ1) is 3.85. The Hall–Kier alpha value is -0.740. The number of rotatable bonds is 4. The summed E-state index contributed by atoms with van der Waals surface area (Å²) in [5.41, 5.74) is 2.07. The first kappa shape index (κ1) is 7.26. The van der Waals surface area contributed by atoms with Crippen LogP contribution in [0.25, 0.3) is 0 Å². The van der Waals surface area contributed by atoms with Gasteiger partial charge in [-0.05, 0) is 0 Å². The van der Waals surface area contributed by atoms with Gasteiger partial charge in [-0.15, -0.1) is 0 Å². The Balaban J connectivity index is 3.35. The van der Waals surface area contributed by atoms with Crippen molar-refractivity contribution >= 4 is 12.6 Å². The van der Waals surface area contributed by atoms with Crippen molar-refractivity contribution in [1.82, 2.24) is 5.43 Å². The minimum atomic E-state index is -0.701. The van der Waals surface area contributed by atoms with Crippen LogP contribution in [-0.2, 0) is 9.59 Å². The molecule has 0 aliphatic carbocycles. The van der Waals surface area contributed by atoms with Crippen LogP contribution < -0.4 is 11.3 Å². The molecule has 0 heterocycles. The minimum absolute atomic E-state index is 0.0417. The predicted octanol–water partition coefficient (Wildman–Crippen LogP) is -1.57. The second kappa shape index (κ2) is 4.42. The average Bonchev–Trinajstić information content (AvgIpc) is 1.83. The zero-order valence-corrected chi connectivity index (χ0v) is 4.18. The summed E-state index contributed by atoms with van der Waals surface area (Å²) >= 11 is 0. The summed E-state index contributed by atoms with van der Waals surface area (Å²) < 4.78 is 0. The number of hydrazine groups is 1. The Morgan fingerprint density at radius 3 is 2.38 bits per heavy atom. The van der Waals surface area contributed by atoms with Gasteiger partial charge in [-0.2, -0.15) is 0 Å². The molecule has 3 N–H and O–H groups in total. The Morgan fingerprint density at radius 2 is 2.25 bits per heavy atom. The highest BCUT2D eigenvalue weighted by atomic mass is 16.1. The Kier molecular flexibility index (Phi) is 4.01. The van der Waals surface area contributed by atoms with Crippen LogP contribution in [-0.4, -0.2) is 18.6 Å². The summed E-state index contributed by atoms with van der Waals surface area (Å²) in [4.78, 5) is 19.2. The molecule has 0 rings (SSSR count). The van der Waals surface area contributed by atoms with Gasteiger partial charge < -0.3 is 0 Å². The maximum Gasteiger partial charge on any atom is 0.218 e. The molecular formula is C4H6N2O2. The van der Waals surface area contributed by atoms with E-state index in [-0.39, 0.29) is 6.42 Å². The molecule has 8 heavy (non-hydrogen) atoms. The molecule has 0 amide bonds. The van der Waals surface area contributed by atoms with Gasteiger partial charge in [0.1, 0.15) is 0 Å². The quantitative estimate of drug-likeness (QED) is 0.342. The van der Waals surface area contributed by atoms with Crippen LogP contribution in [0.3, 0.4) is 0 Å². The molecule has 4 nitrogen and oxygen atoms in total. The Bertz CT molecular complexity index is 84.1. The van der Waals surface area contributed by atoms with Crippen LogP contribution in [0.15, 0.2) is 0 Å². The van der Waals surface area contributed by atoms with Gasteiger partial charge in [-0.1, -0.05) is 0 Å². The summed E-state index contributed by atoms with van der Waals surface area (Å²) in [6.45, 7) is 0. The summed E-state index contributed by atoms with van der Waals surface area (Å²) in [6, 6.07) is -0.701. The molecule has 0 saturated carbocycles. The van der Waals surface area contributed by atoms with E-state index in [1.165, 1.54) is 12.6 Å². The van der Waals surface area contributed by atoms with E-state index < -0.39 is 6.04 Å². The lowest BCUT2D eigenvalue weighted by Crippen LogP contribution is -2.36. The van der Waals surface area contributed by atoms with E-state index in [9.17, 15) is 9.59 Å². The van der Waals surface area contributed by atoms with E-state index in [0.717, 1.165) is 0 Å². The van der Waals surface area contributed by atoms with Gasteiger partial charge in [0, 0.05) is 6.42 Å². The van der Waals surface area contributed by atoms with Gasteiger partial charge in [0.05, 0.1) is 6.04 Å².